The van der Waals surface area contributed by atoms with Crippen molar-refractivity contribution >= 4 is 11.7 Å². The molecule has 1 amide bonds. The number of carbonyl (C=O) groups is 2. The fourth-order valence-electron chi connectivity index (χ4n) is 3.96. The molecule has 0 bridgehead atoms. The number of ketones is 1. The molecule has 0 saturated carbocycles. The van der Waals surface area contributed by atoms with Crippen LogP contribution in [0.3, 0.4) is 0 Å². The van der Waals surface area contributed by atoms with Crippen molar-refractivity contribution in [1.82, 2.24) is 4.90 Å². The van der Waals surface area contributed by atoms with Gasteiger partial charge in [0.05, 0.1) is 0 Å². The van der Waals surface area contributed by atoms with E-state index in [-0.39, 0.29) is 28.9 Å². The number of likely N-dealkylation sites (tertiary alicyclic amines) is 1. The first kappa shape index (κ1) is 19.1. The molecule has 2 aliphatic rings. The van der Waals surface area contributed by atoms with Crippen LogP contribution < -0.4 is 0 Å². The predicted molar refractivity (Wildman–Crippen MR) is 102 cm³/mol. The SMILES string of the molecule is CC(C)(C)c1ccc(C(=O)[C@H]2CCCN(C(=O)C3CCOCC3)C2)cc1. The van der Waals surface area contributed by atoms with Crippen LogP contribution in [-0.4, -0.2) is 42.9 Å². The molecule has 142 valence electrons. The smallest absolute Gasteiger partial charge is 0.225 e. The zero-order valence-electron chi connectivity index (χ0n) is 16.3. The van der Waals surface area contributed by atoms with Crippen LogP contribution in [-0.2, 0) is 14.9 Å². The van der Waals surface area contributed by atoms with E-state index >= 15 is 0 Å². The zero-order chi connectivity index (χ0) is 18.7. The van der Waals surface area contributed by atoms with Gasteiger partial charge in [0.2, 0.25) is 5.91 Å². The first-order chi connectivity index (χ1) is 12.4. The van der Waals surface area contributed by atoms with Crippen LogP contribution in [0, 0.1) is 11.8 Å². The van der Waals surface area contributed by atoms with E-state index in [0.717, 1.165) is 37.8 Å². The van der Waals surface area contributed by atoms with Crippen molar-refractivity contribution in [3.63, 3.8) is 0 Å². The molecule has 2 heterocycles. The summed E-state index contributed by atoms with van der Waals surface area (Å²) in [4.78, 5) is 27.6. The summed E-state index contributed by atoms with van der Waals surface area (Å²) in [5, 5.41) is 0. The number of nitrogens with zero attached hydrogens (tertiary/aromatic N) is 1. The molecule has 0 N–H and O–H groups in total. The quantitative estimate of drug-likeness (QED) is 0.773. The van der Waals surface area contributed by atoms with Gasteiger partial charge in [-0.3, -0.25) is 9.59 Å². The van der Waals surface area contributed by atoms with Crippen LogP contribution in [0.5, 0.6) is 0 Å². The second kappa shape index (κ2) is 7.91. The average molecular weight is 357 g/mol. The van der Waals surface area contributed by atoms with Gasteiger partial charge in [-0.15, -0.1) is 0 Å². The lowest BCUT2D eigenvalue weighted by atomic mass is 9.84. The lowest BCUT2D eigenvalue weighted by Crippen LogP contribution is -2.45. The summed E-state index contributed by atoms with van der Waals surface area (Å²) in [6.45, 7) is 9.21. The maximum Gasteiger partial charge on any atom is 0.225 e. The normalized spacial score (nSPS) is 22.3. The van der Waals surface area contributed by atoms with Gasteiger partial charge in [0, 0.05) is 43.7 Å². The summed E-state index contributed by atoms with van der Waals surface area (Å²) in [7, 11) is 0. The Balaban J connectivity index is 1.65. The first-order valence-corrected chi connectivity index (χ1v) is 9.87. The molecule has 1 aromatic rings. The topological polar surface area (TPSA) is 46.6 Å². The van der Waals surface area contributed by atoms with E-state index in [1.165, 1.54) is 5.56 Å². The molecule has 0 radical (unpaired) electrons. The molecule has 1 aromatic carbocycles. The molecular weight excluding hydrogens is 326 g/mol. The fourth-order valence-corrected chi connectivity index (χ4v) is 3.96. The monoisotopic (exact) mass is 357 g/mol. The van der Waals surface area contributed by atoms with Crippen molar-refractivity contribution < 1.29 is 14.3 Å². The van der Waals surface area contributed by atoms with Gasteiger partial charge in [-0.25, -0.2) is 0 Å². The lowest BCUT2D eigenvalue weighted by Gasteiger charge is -2.35. The fraction of sp³-hybridized carbons (Fsp3) is 0.636. The Labute approximate surface area is 156 Å². The molecule has 4 nitrogen and oxygen atoms in total. The minimum Gasteiger partial charge on any atom is -0.381 e. The Morgan fingerprint density at radius 3 is 2.27 bits per heavy atom. The molecule has 26 heavy (non-hydrogen) atoms. The molecule has 0 spiro atoms. The molecule has 1 atom stereocenters. The molecule has 4 heteroatoms. The third kappa shape index (κ3) is 4.35. The highest BCUT2D eigenvalue weighted by atomic mass is 16.5. The van der Waals surface area contributed by atoms with E-state index in [1.54, 1.807) is 0 Å². The second-order valence-electron chi connectivity index (χ2n) is 8.70. The van der Waals surface area contributed by atoms with E-state index in [1.807, 2.05) is 17.0 Å². The zero-order valence-corrected chi connectivity index (χ0v) is 16.3. The molecule has 0 aliphatic carbocycles. The highest BCUT2D eigenvalue weighted by Gasteiger charge is 2.32. The highest BCUT2D eigenvalue weighted by Crippen LogP contribution is 2.27. The van der Waals surface area contributed by atoms with E-state index < -0.39 is 0 Å². The third-order valence-corrected chi connectivity index (χ3v) is 5.71. The summed E-state index contributed by atoms with van der Waals surface area (Å²) in [5.41, 5.74) is 2.08. The number of carbonyl (C=O) groups excluding carboxylic acids is 2. The van der Waals surface area contributed by atoms with Gasteiger partial charge in [-0.05, 0) is 36.7 Å². The predicted octanol–water partition coefficient (Wildman–Crippen LogP) is 3.83. The van der Waals surface area contributed by atoms with Gasteiger partial charge < -0.3 is 9.64 Å². The number of Topliss-reactive ketones (excluding diaryl/α,β-unsaturated/α-hetero) is 1. The Kier molecular flexibility index (Phi) is 5.81. The van der Waals surface area contributed by atoms with Gasteiger partial charge in [0.1, 0.15) is 0 Å². The molecule has 2 aliphatic heterocycles. The summed E-state index contributed by atoms with van der Waals surface area (Å²) < 4.78 is 5.36. The number of hydrogen-bond donors (Lipinski definition) is 0. The van der Waals surface area contributed by atoms with E-state index in [2.05, 4.69) is 32.9 Å². The summed E-state index contributed by atoms with van der Waals surface area (Å²) in [5.74, 6) is 0.389. The largest absolute Gasteiger partial charge is 0.381 e. The molecule has 3 rings (SSSR count). The van der Waals surface area contributed by atoms with Gasteiger partial charge in [0.25, 0.3) is 0 Å². The summed E-state index contributed by atoms with van der Waals surface area (Å²) in [6, 6.07) is 8.01. The van der Waals surface area contributed by atoms with Gasteiger partial charge >= 0.3 is 0 Å². The Morgan fingerprint density at radius 1 is 1.00 bits per heavy atom. The standard InChI is InChI=1S/C22H31NO3/c1-22(2,3)19-8-6-16(7-9-19)20(24)18-5-4-12-23(15-18)21(25)17-10-13-26-14-11-17/h6-9,17-18H,4-5,10-15H2,1-3H3/t18-/m0/s1. The van der Waals surface area contributed by atoms with Crippen LogP contribution in [0.25, 0.3) is 0 Å². The molecule has 0 unspecified atom stereocenters. The molecule has 2 fully saturated rings. The number of amides is 1. The van der Waals surface area contributed by atoms with Crippen LogP contribution in [0.2, 0.25) is 0 Å². The van der Waals surface area contributed by atoms with E-state index in [9.17, 15) is 9.59 Å². The maximum absolute atomic E-state index is 12.9. The second-order valence-corrected chi connectivity index (χ2v) is 8.70. The van der Waals surface area contributed by atoms with Crippen molar-refractivity contribution in [2.24, 2.45) is 11.8 Å². The number of rotatable bonds is 3. The molecule has 0 aromatic heterocycles. The molecule has 2 saturated heterocycles. The molecular formula is C22H31NO3. The van der Waals surface area contributed by atoms with Crippen molar-refractivity contribution in [3.05, 3.63) is 35.4 Å². The number of ether oxygens (including phenoxy) is 1. The number of benzene rings is 1. The lowest BCUT2D eigenvalue weighted by molar-refractivity contribution is -0.140. The summed E-state index contributed by atoms with van der Waals surface area (Å²) in [6.07, 6.45) is 3.40. The van der Waals surface area contributed by atoms with Crippen molar-refractivity contribution in [3.8, 4) is 0 Å². The average Bonchev–Trinajstić information content (AvgIpc) is 2.67. The van der Waals surface area contributed by atoms with Crippen molar-refractivity contribution in [2.45, 2.75) is 51.9 Å². The number of hydrogen-bond acceptors (Lipinski definition) is 3. The van der Waals surface area contributed by atoms with E-state index in [0.29, 0.717) is 19.8 Å². The van der Waals surface area contributed by atoms with Crippen LogP contribution in [0.1, 0.15) is 62.4 Å². The Morgan fingerprint density at radius 2 is 1.65 bits per heavy atom. The van der Waals surface area contributed by atoms with Crippen LogP contribution in [0.4, 0.5) is 0 Å². The minimum absolute atomic E-state index is 0.0728. The minimum atomic E-state index is -0.0759. The van der Waals surface area contributed by atoms with Crippen LogP contribution >= 0.6 is 0 Å². The van der Waals surface area contributed by atoms with Gasteiger partial charge in [-0.1, -0.05) is 45.0 Å². The van der Waals surface area contributed by atoms with Crippen molar-refractivity contribution in [2.75, 3.05) is 26.3 Å². The van der Waals surface area contributed by atoms with Crippen LogP contribution in [0.15, 0.2) is 24.3 Å². The first-order valence-electron chi connectivity index (χ1n) is 9.87. The Bertz CT molecular complexity index is 638. The van der Waals surface area contributed by atoms with Gasteiger partial charge in [0.15, 0.2) is 5.78 Å². The van der Waals surface area contributed by atoms with E-state index in [4.69, 9.17) is 4.74 Å². The maximum atomic E-state index is 12.9. The highest BCUT2D eigenvalue weighted by molar-refractivity contribution is 5.98. The Hall–Kier alpha value is -1.68. The van der Waals surface area contributed by atoms with Gasteiger partial charge in [-0.2, -0.15) is 0 Å². The number of piperidine rings is 1. The summed E-state index contributed by atoms with van der Waals surface area (Å²) >= 11 is 0. The van der Waals surface area contributed by atoms with Crippen molar-refractivity contribution in [1.29, 1.82) is 0 Å². The third-order valence-electron chi connectivity index (χ3n) is 5.71.